The van der Waals surface area contributed by atoms with Crippen molar-refractivity contribution in [2.24, 2.45) is 0 Å². The third kappa shape index (κ3) is 2.40. The Morgan fingerprint density at radius 2 is 1.96 bits per heavy atom. The molecule has 0 aliphatic carbocycles. The van der Waals surface area contributed by atoms with Gasteiger partial charge in [0.05, 0.1) is 23.9 Å². The summed E-state index contributed by atoms with van der Waals surface area (Å²) in [7, 11) is 1.53. The molecule has 0 amide bonds. The number of nitrogen functional groups attached to an aromatic ring is 1. The van der Waals surface area contributed by atoms with Gasteiger partial charge in [-0.3, -0.25) is 4.79 Å². The fourth-order valence-electron chi connectivity index (χ4n) is 2.49. The van der Waals surface area contributed by atoms with Crippen molar-refractivity contribution in [3.8, 4) is 5.75 Å². The lowest BCUT2D eigenvalue weighted by atomic mass is 10.0. The number of ether oxygens (including phenoxy) is 1. The first-order valence-electron chi connectivity index (χ1n) is 6.84. The van der Waals surface area contributed by atoms with Gasteiger partial charge in [0.2, 0.25) is 5.78 Å². The summed E-state index contributed by atoms with van der Waals surface area (Å²) >= 11 is 0. The number of hydrogen-bond donors (Lipinski definition) is 2. The summed E-state index contributed by atoms with van der Waals surface area (Å²) < 4.78 is 6.99. The molecule has 0 atom stereocenters. The second-order valence-corrected chi connectivity index (χ2v) is 4.99. The number of benzene rings is 1. The van der Waals surface area contributed by atoms with E-state index < -0.39 is 5.97 Å². The van der Waals surface area contributed by atoms with Crippen LogP contribution in [-0.2, 0) is 0 Å². The molecule has 116 valence electrons. The van der Waals surface area contributed by atoms with Gasteiger partial charge >= 0.3 is 5.97 Å². The number of carboxylic acids is 1. The molecule has 0 bridgehead atoms. The molecule has 0 radical (unpaired) electrons. The van der Waals surface area contributed by atoms with Crippen LogP contribution in [0.15, 0.2) is 48.7 Å². The Kier molecular flexibility index (Phi) is 3.50. The van der Waals surface area contributed by atoms with Crippen LogP contribution in [0.25, 0.3) is 5.52 Å². The molecule has 0 aliphatic heterocycles. The van der Waals surface area contributed by atoms with Crippen molar-refractivity contribution in [2.75, 3.05) is 12.8 Å². The summed E-state index contributed by atoms with van der Waals surface area (Å²) in [5, 5.41) is 9.14. The predicted octanol–water partition coefficient (Wildman–Crippen LogP) is 2.46. The first-order chi connectivity index (χ1) is 11.0. The van der Waals surface area contributed by atoms with E-state index >= 15 is 0 Å². The zero-order chi connectivity index (χ0) is 16.6. The highest BCUT2D eigenvalue weighted by atomic mass is 16.5. The zero-order valence-corrected chi connectivity index (χ0v) is 12.3. The lowest BCUT2D eigenvalue weighted by molar-refractivity contribution is 0.0698. The number of carbonyl (C=O) groups is 2. The Labute approximate surface area is 131 Å². The van der Waals surface area contributed by atoms with Crippen molar-refractivity contribution in [1.29, 1.82) is 0 Å². The number of carboxylic acid groups (broad SMARTS) is 1. The Bertz CT molecular complexity index is 927. The number of ketones is 1. The van der Waals surface area contributed by atoms with Gasteiger partial charge in [0, 0.05) is 23.5 Å². The number of carbonyl (C=O) groups excluding carboxylic acids is 1. The highest BCUT2D eigenvalue weighted by Crippen LogP contribution is 2.26. The molecular weight excluding hydrogens is 296 g/mol. The molecule has 0 aliphatic rings. The largest absolute Gasteiger partial charge is 0.494 e. The van der Waals surface area contributed by atoms with Crippen molar-refractivity contribution < 1.29 is 19.4 Å². The number of aromatic carboxylic acids is 1. The number of nitrogens with zero attached hydrogens (tertiary/aromatic N) is 1. The van der Waals surface area contributed by atoms with E-state index in [9.17, 15) is 9.59 Å². The summed E-state index contributed by atoms with van der Waals surface area (Å²) in [4.78, 5) is 23.9. The molecule has 0 fully saturated rings. The number of pyridine rings is 1. The van der Waals surface area contributed by atoms with E-state index in [0.717, 1.165) is 5.52 Å². The third-order valence-corrected chi connectivity index (χ3v) is 3.64. The second-order valence-electron chi connectivity index (χ2n) is 4.99. The monoisotopic (exact) mass is 310 g/mol. The number of fused-ring (bicyclic) bond motifs is 1. The summed E-state index contributed by atoms with van der Waals surface area (Å²) in [6.07, 6.45) is 1.75. The summed E-state index contributed by atoms with van der Waals surface area (Å²) in [6.45, 7) is 0. The van der Waals surface area contributed by atoms with E-state index in [2.05, 4.69) is 0 Å². The number of methoxy groups -OCH3 is 1. The number of nitrogens with two attached hydrogens (primary N) is 1. The first kappa shape index (κ1) is 14.6. The van der Waals surface area contributed by atoms with Gasteiger partial charge in [-0.05, 0) is 30.3 Å². The van der Waals surface area contributed by atoms with Gasteiger partial charge in [0.25, 0.3) is 0 Å². The second kappa shape index (κ2) is 5.49. The van der Waals surface area contributed by atoms with E-state index in [-0.39, 0.29) is 22.6 Å². The van der Waals surface area contributed by atoms with Gasteiger partial charge in [0.15, 0.2) is 0 Å². The van der Waals surface area contributed by atoms with Gasteiger partial charge in [-0.15, -0.1) is 0 Å². The van der Waals surface area contributed by atoms with Crippen LogP contribution < -0.4 is 10.5 Å². The van der Waals surface area contributed by atoms with Crippen LogP contribution in [0.2, 0.25) is 0 Å². The Balaban J connectivity index is 2.15. The molecule has 6 nitrogen and oxygen atoms in total. The molecule has 0 saturated heterocycles. The third-order valence-electron chi connectivity index (χ3n) is 3.64. The number of rotatable bonds is 4. The number of hydrogen-bond acceptors (Lipinski definition) is 4. The molecule has 2 heterocycles. The van der Waals surface area contributed by atoms with Crippen LogP contribution >= 0.6 is 0 Å². The van der Waals surface area contributed by atoms with Crippen LogP contribution in [-0.4, -0.2) is 28.4 Å². The number of aromatic nitrogens is 1. The summed E-state index contributed by atoms with van der Waals surface area (Å²) in [5.41, 5.74) is 7.05. The van der Waals surface area contributed by atoms with E-state index in [1.54, 1.807) is 22.7 Å². The smallest absolute Gasteiger partial charge is 0.337 e. The maximum atomic E-state index is 12.8. The minimum absolute atomic E-state index is 0.0938. The minimum Gasteiger partial charge on any atom is -0.494 e. The normalized spacial score (nSPS) is 10.7. The maximum absolute atomic E-state index is 12.8. The van der Waals surface area contributed by atoms with Crippen LogP contribution in [0.3, 0.4) is 0 Å². The lowest BCUT2D eigenvalue weighted by Gasteiger charge is -2.05. The van der Waals surface area contributed by atoms with Crippen LogP contribution in [0.5, 0.6) is 5.75 Å². The predicted molar refractivity (Wildman–Crippen MR) is 85.2 cm³/mol. The highest BCUT2D eigenvalue weighted by molar-refractivity contribution is 6.10. The first-order valence-corrected chi connectivity index (χ1v) is 6.84. The van der Waals surface area contributed by atoms with Crippen molar-refractivity contribution in [3.05, 3.63) is 65.5 Å². The van der Waals surface area contributed by atoms with Crippen LogP contribution in [0.4, 0.5) is 5.69 Å². The zero-order valence-electron chi connectivity index (χ0n) is 12.3. The van der Waals surface area contributed by atoms with Crippen molar-refractivity contribution >= 4 is 23.0 Å². The van der Waals surface area contributed by atoms with Gasteiger partial charge < -0.3 is 20.0 Å². The standard InChI is InChI=1S/C17H14N2O4/c1-23-15-9-14(19-7-3-2-4-13(15)19)16(20)10-5-6-12(18)11(8-10)17(21)22/h2-9H,18H2,1H3,(H,21,22). The van der Waals surface area contributed by atoms with Crippen LogP contribution in [0.1, 0.15) is 26.4 Å². The molecule has 2 aromatic heterocycles. The van der Waals surface area contributed by atoms with Crippen LogP contribution in [0, 0.1) is 0 Å². The quantitative estimate of drug-likeness (QED) is 0.570. The molecule has 3 aromatic rings. The molecule has 0 saturated carbocycles. The number of anilines is 1. The summed E-state index contributed by atoms with van der Waals surface area (Å²) in [5.74, 6) is -0.908. The van der Waals surface area contributed by atoms with Crippen molar-refractivity contribution in [1.82, 2.24) is 4.40 Å². The van der Waals surface area contributed by atoms with Gasteiger partial charge in [-0.2, -0.15) is 0 Å². The molecule has 6 heteroatoms. The van der Waals surface area contributed by atoms with E-state index in [1.807, 2.05) is 12.1 Å². The Morgan fingerprint density at radius 1 is 1.17 bits per heavy atom. The van der Waals surface area contributed by atoms with E-state index in [4.69, 9.17) is 15.6 Å². The molecule has 23 heavy (non-hydrogen) atoms. The van der Waals surface area contributed by atoms with Crippen molar-refractivity contribution in [2.45, 2.75) is 0 Å². The SMILES string of the molecule is COc1cc(C(=O)c2ccc(N)c(C(=O)O)c2)n2ccccc12. The van der Waals surface area contributed by atoms with Gasteiger partial charge in [-0.25, -0.2) is 4.79 Å². The Hall–Kier alpha value is -3.28. The molecule has 1 aromatic carbocycles. The molecule has 0 spiro atoms. The lowest BCUT2D eigenvalue weighted by Crippen LogP contribution is -2.09. The Morgan fingerprint density at radius 3 is 2.65 bits per heavy atom. The molecule has 3 N–H and O–H groups in total. The fourth-order valence-corrected chi connectivity index (χ4v) is 2.49. The average molecular weight is 310 g/mol. The minimum atomic E-state index is -1.17. The van der Waals surface area contributed by atoms with E-state index in [0.29, 0.717) is 11.4 Å². The summed E-state index contributed by atoms with van der Waals surface area (Å²) in [6, 6.07) is 11.3. The maximum Gasteiger partial charge on any atom is 0.337 e. The van der Waals surface area contributed by atoms with Gasteiger partial charge in [0.1, 0.15) is 5.75 Å². The fraction of sp³-hybridized carbons (Fsp3) is 0.0588. The molecule has 0 unspecified atom stereocenters. The van der Waals surface area contributed by atoms with Gasteiger partial charge in [-0.1, -0.05) is 6.07 Å². The highest BCUT2D eigenvalue weighted by Gasteiger charge is 2.19. The molecular formula is C17H14N2O4. The topological polar surface area (TPSA) is 94.0 Å². The van der Waals surface area contributed by atoms with E-state index in [1.165, 1.54) is 25.3 Å². The molecule has 3 rings (SSSR count). The average Bonchev–Trinajstić information content (AvgIpc) is 2.93. The van der Waals surface area contributed by atoms with Crippen molar-refractivity contribution in [3.63, 3.8) is 0 Å².